The number of halogens is 1. The van der Waals surface area contributed by atoms with Gasteiger partial charge in [0, 0.05) is 23.3 Å². The molecule has 0 saturated heterocycles. The Morgan fingerprint density at radius 2 is 1.85 bits per heavy atom. The normalized spacial score (nSPS) is 12.5. The van der Waals surface area contributed by atoms with Crippen LogP contribution < -0.4 is 0 Å². The lowest BCUT2D eigenvalue weighted by atomic mass is 9.97. The second-order valence-corrected chi connectivity index (χ2v) is 5.72. The summed E-state index contributed by atoms with van der Waals surface area (Å²) in [5, 5.41) is 12.8. The van der Waals surface area contributed by atoms with E-state index in [1.165, 1.54) is 0 Å². The van der Waals surface area contributed by atoms with Gasteiger partial charge in [-0.2, -0.15) is 0 Å². The molecule has 1 heterocycles. The molecule has 3 rings (SSSR count). The Bertz CT molecular complexity index is 736. The maximum Gasteiger partial charge on any atom is 0.0836 e. The van der Waals surface area contributed by atoms with Gasteiger partial charge in [0.25, 0.3) is 0 Å². The molecule has 20 heavy (non-hydrogen) atoms. The predicted octanol–water partition coefficient (Wildman–Crippen LogP) is 4.27. The highest BCUT2D eigenvalue weighted by molar-refractivity contribution is 9.10. The molecule has 1 N–H and O–H groups in total. The molecule has 0 aliphatic rings. The van der Waals surface area contributed by atoms with Crippen LogP contribution in [0.1, 0.15) is 17.2 Å². The summed E-state index contributed by atoms with van der Waals surface area (Å²) in [6, 6.07) is 16.1. The largest absolute Gasteiger partial charge is 0.388 e. The monoisotopic (exact) mass is 327 g/mol. The Balaban J connectivity index is 1.94. The standard InChI is InChI=1S/C17H14BrNO/c18-14-8-12(10-19-11-14)9-17(20)16-7-3-5-13-4-1-2-6-15(13)16/h1-8,10-11,17,20H,9H2. The van der Waals surface area contributed by atoms with Crippen molar-refractivity contribution in [1.82, 2.24) is 4.98 Å². The van der Waals surface area contributed by atoms with Gasteiger partial charge in [-0.3, -0.25) is 4.98 Å². The van der Waals surface area contributed by atoms with Crippen molar-refractivity contribution in [3.8, 4) is 0 Å². The van der Waals surface area contributed by atoms with E-state index in [0.717, 1.165) is 26.4 Å². The Kier molecular flexibility index (Phi) is 3.81. The van der Waals surface area contributed by atoms with E-state index in [1.807, 2.05) is 36.4 Å². The molecule has 0 spiro atoms. The minimum absolute atomic E-state index is 0.530. The molecule has 0 fully saturated rings. The third kappa shape index (κ3) is 2.74. The van der Waals surface area contributed by atoms with Crippen LogP contribution in [0.5, 0.6) is 0 Å². The van der Waals surface area contributed by atoms with Crippen molar-refractivity contribution in [1.29, 1.82) is 0 Å². The lowest BCUT2D eigenvalue weighted by molar-refractivity contribution is 0.180. The molecule has 2 nitrogen and oxygen atoms in total. The van der Waals surface area contributed by atoms with Gasteiger partial charge >= 0.3 is 0 Å². The van der Waals surface area contributed by atoms with Gasteiger partial charge in [-0.05, 0) is 43.9 Å². The zero-order valence-corrected chi connectivity index (χ0v) is 12.4. The second-order valence-electron chi connectivity index (χ2n) is 4.80. The molecule has 100 valence electrons. The molecule has 0 radical (unpaired) electrons. The molecule has 1 aromatic heterocycles. The summed E-state index contributed by atoms with van der Waals surface area (Å²) in [5.41, 5.74) is 1.97. The first-order valence-corrected chi connectivity index (χ1v) is 7.28. The molecule has 0 aliphatic heterocycles. The van der Waals surface area contributed by atoms with Gasteiger partial charge < -0.3 is 5.11 Å². The molecular weight excluding hydrogens is 314 g/mol. The lowest BCUT2D eigenvalue weighted by Gasteiger charge is -2.14. The van der Waals surface area contributed by atoms with Crippen molar-refractivity contribution in [2.45, 2.75) is 12.5 Å². The SMILES string of the molecule is OC(Cc1cncc(Br)c1)c1cccc2ccccc12. The maximum absolute atomic E-state index is 10.5. The Hall–Kier alpha value is -1.71. The van der Waals surface area contributed by atoms with E-state index < -0.39 is 6.10 Å². The van der Waals surface area contributed by atoms with Crippen LogP contribution in [0.3, 0.4) is 0 Å². The van der Waals surface area contributed by atoms with Crippen LogP contribution in [-0.4, -0.2) is 10.1 Å². The molecular formula is C17H14BrNO. The van der Waals surface area contributed by atoms with Gasteiger partial charge in [0.2, 0.25) is 0 Å². The topological polar surface area (TPSA) is 33.1 Å². The zero-order chi connectivity index (χ0) is 13.9. The van der Waals surface area contributed by atoms with Crippen molar-refractivity contribution < 1.29 is 5.11 Å². The highest BCUT2D eigenvalue weighted by atomic mass is 79.9. The highest BCUT2D eigenvalue weighted by Crippen LogP contribution is 2.26. The summed E-state index contributed by atoms with van der Waals surface area (Å²) in [4.78, 5) is 4.14. The van der Waals surface area contributed by atoms with E-state index in [0.29, 0.717) is 6.42 Å². The van der Waals surface area contributed by atoms with E-state index in [-0.39, 0.29) is 0 Å². The van der Waals surface area contributed by atoms with Crippen LogP contribution in [0.2, 0.25) is 0 Å². The number of fused-ring (bicyclic) bond motifs is 1. The highest BCUT2D eigenvalue weighted by Gasteiger charge is 2.12. The molecule has 3 aromatic rings. The van der Waals surface area contributed by atoms with Gasteiger partial charge in [0.1, 0.15) is 0 Å². The average molecular weight is 328 g/mol. The van der Waals surface area contributed by atoms with E-state index in [4.69, 9.17) is 0 Å². The van der Waals surface area contributed by atoms with Crippen LogP contribution >= 0.6 is 15.9 Å². The summed E-state index contributed by atoms with van der Waals surface area (Å²) in [6.45, 7) is 0. The first kappa shape index (κ1) is 13.3. The molecule has 3 heteroatoms. The first-order valence-electron chi connectivity index (χ1n) is 6.49. The number of aliphatic hydroxyl groups is 1. The quantitative estimate of drug-likeness (QED) is 0.779. The summed E-state index contributed by atoms with van der Waals surface area (Å²) < 4.78 is 0.931. The molecule has 0 amide bonds. The van der Waals surface area contributed by atoms with Crippen LogP contribution in [-0.2, 0) is 6.42 Å². The zero-order valence-electron chi connectivity index (χ0n) is 10.8. The number of pyridine rings is 1. The Morgan fingerprint density at radius 3 is 2.70 bits per heavy atom. The van der Waals surface area contributed by atoms with Gasteiger partial charge in [0.05, 0.1) is 6.10 Å². The summed E-state index contributed by atoms with van der Waals surface area (Å²) in [7, 11) is 0. The van der Waals surface area contributed by atoms with E-state index in [2.05, 4.69) is 33.0 Å². The summed E-state index contributed by atoms with van der Waals surface area (Å²) >= 11 is 3.40. The third-order valence-electron chi connectivity index (χ3n) is 3.37. The number of aliphatic hydroxyl groups excluding tert-OH is 1. The fraction of sp³-hybridized carbons (Fsp3) is 0.118. The van der Waals surface area contributed by atoms with Gasteiger partial charge in [-0.25, -0.2) is 0 Å². The first-order chi connectivity index (χ1) is 9.74. The smallest absolute Gasteiger partial charge is 0.0836 e. The van der Waals surface area contributed by atoms with Gasteiger partial charge in [-0.1, -0.05) is 42.5 Å². The second kappa shape index (κ2) is 5.73. The average Bonchev–Trinajstić information content (AvgIpc) is 2.46. The molecule has 0 bridgehead atoms. The van der Waals surface area contributed by atoms with Gasteiger partial charge in [-0.15, -0.1) is 0 Å². The van der Waals surface area contributed by atoms with Crippen molar-refractivity contribution in [2.24, 2.45) is 0 Å². The van der Waals surface area contributed by atoms with Crippen LogP contribution in [0, 0.1) is 0 Å². The summed E-state index contributed by atoms with van der Waals surface area (Å²) in [5.74, 6) is 0. The fourth-order valence-electron chi connectivity index (χ4n) is 2.44. The van der Waals surface area contributed by atoms with E-state index >= 15 is 0 Å². The molecule has 0 saturated carbocycles. The van der Waals surface area contributed by atoms with Crippen molar-refractivity contribution in [2.75, 3.05) is 0 Å². The number of hydrogen-bond donors (Lipinski definition) is 1. The van der Waals surface area contributed by atoms with Crippen molar-refractivity contribution >= 4 is 26.7 Å². The molecule has 1 unspecified atom stereocenters. The van der Waals surface area contributed by atoms with Gasteiger partial charge in [0.15, 0.2) is 0 Å². The molecule has 2 aromatic carbocycles. The number of benzene rings is 2. The number of nitrogens with zero attached hydrogens (tertiary/aromatic N) is 1. The maximum atomic E-state index is 10.5. The molecule has 0 aliphatic carbocycles. The number of aromatic nitrogens is 1. The molecule has 1 atom stereocenters. The van der Waals surface area contributed by atoms with Crippen LogP contribution in [0.4, 0.5) is 0 Å². The predicted molar refractivity (Wildman–Crippen MR) is 84.5 cm³/mol. The minimum atomic E-state index is -0.530. The van der Waals surface area contributed by atoms with Crippen LogP contribution in [0.25, 0.3) is 10.8 Å². The fourth-order valence-corrected chi connectivity index (χ4v) is 2.85. The van der Waals surface area contributed by atoms with E-state index in [9.17, 15) is 5.11 Å². The van der Waals surface area contributed by atoms with Crippen LogP contribution in [0.15, 0.2) is 65.4 Å². The minimum Gasteiger partial charge on any atom is -0.388 e. The third-order valence-corrected chi connectivity index (χ3v) is 3.81. The van der Waals surface area contributed by atoms with E-state index in [1.54, 1.807) is 12.4 Å². The Morgan fingerprint density at radius 1 is 1.05 bits per heavy atom. The number of rotatable bonds is 3. The number of hydrogen-bond acceptors (Lipinski definition) is 2. The van der Waals surface area contributed by atoms with Crippen molar-refractivity contribution in [3.63, 3.8) is 0 Å². The Labute approximate surface area is 126 Å². The van der Waals surface area contributed by atoms with Crippen molar-refractivity contribution in [3.05, 3.63) is 76.5 Å². The summed E-state index contributed by atoms with van der Waals surface area (Å²) in [6.07, 6.45) is 3.56. The lowest BCUT2D eigenvalue weighted by Crippen LogP contribution is -2.03.